The molecule has 0 spiro atoms. The van der Waals surface area contributed by atoms with Crippen molar-refractivity contribution in [2.24, 2.45) is 5.73 Å². The number of halogens is 3. The largest absolute Gasteiger partial charge is 0.354 e. The Morgan fingerprint density at radius 3 is 2.71 bits per heavy atom. The van der Waals surface area contributed by atoms with Crippen LogP contribution in [0.2, 0.25) is 0 Å². The van der Waals surface area contributed by atoms with E-state index in [1.54, 1.807) is 4.90 Å². The molecule has 1 saturated heterocycles. The van der Waals surface area contributed by atoms with Crippen LogP contribution in [0.4, 0.5) is 8.78 Å². The third-order valence-electron chi connectivity index (χ3n) is 3.96. The molecule has 1 heterocycles. The van der Waals surface area contributed by atoms with Gasteiger partial charge in [-0.2, -0.15) is 0 Å². The van der Waals surface area contributed by atoms with Gasteiger partial charge in [0.05, 0.1) is 5.56 Å². The van der Waals surface area contributed by atoms with Gasteiger partial charge < -0.3 is 16.0 Å². The summed E-state index contributed by atoms with van der Waals surface area (Å²) < 4.78 is 26.8. The Morgan fingerprint density at radius 1 is 1.29 bits per heavy atom. The van der Waals surface area contributed by atoms with Gasteiger partial charge in [0, 0.05) is 38.2 Å². The fourth-order valence-corrected chi connectivity index (χ4v) is 2.75. The quantitative estimate of drug-likeness (QED) is 0.840. The molecule has 0 aromatic heterocycles. The Hall–Kier alpha value is -1.73. The third-order valence-corrected chi connectivity index (χ3v) is 3.96. The summed E-state index contributed by atoms with van der Waals surface area (Å²) in [6.45, 7) is 1.07. The lowest BCUT2D eigenvalue weighted by Gasteiger charge is -2.36. The van der Waals surface area contributed by atoms with Crippen LogP contribution in [0.1, 0.15) is 36.0 Å². The fourth-order valence-electron chi connectivity index (χ4n) is 2.75. The average molecular weight is 362 g/mol. The second-order valence-electron chi connectivity index (χ2n) is 5.62. The molecule has 0 bridgehead atoms. The Balaban J connectivity index is 0.00000288. The standard InChI is InChI=1S/C16H21F2N3O2.ClH/c17-11-4-5-13(14(18)9-11)16(23)21-8-2-1-3-12(21)10-20-15(22)6-7-19;/h4-5,9,12H,1-3,6-8,10,19H2,(H,20,22);1H. The van der Waals surface area contributed by atoms with Crippen molar-refractivity contribution in [2.45, 2.75) is 31.7 Å². The molecule has 1 aromatic rings. The molecule has 1 aliphatic rings. The molecule has 0 saturated carbocycles. The van der Waals surface area contributed by atoms with E-state index in [1.165, 1.54) is 0 Å². The van der Waals surface area contributed by atoms with Crippen molar-refractivity contribution in [1.29, 1.82) is 0 Å². The first-order chi connectivity index (χ1) is 11.0. The summed E-state index contributed by atoms with van der Waals surface area (Å²) in [4.78, 5) is 25.6. The van der Waals surface area contributed by atoms with Crippen LogP contribution in [0.5, 0.6) is 0 Å². The van der Waals surface area contributed by atoms with Gasteiger partial charge in [-0.05, 0) is 31.4 Å². The molecule has 1 atom stereocenters. The van der Waals surface area contributed by atoms with E-state index in [0.29, 0.717) is 19.2 Å². The van der Waals surface area contributed by atoms with Crippen LogP contribution in [0.3, 0.4) is 0 Å². The zero-order chi connectivity index (χ0) is 16.8. The van der Waals surface area contributed by atoms with Gasteiger partial charge in [-0.15, -0.1) is 12.4 Å². The Kier molecular flexibility index (Phi) is 8.07. The molecule has 1 aliphatic heterocycles. The lowest BCUT2D eigenvalue weighted by molar-refractivity contribution is -0.121. The SMILES string of the molecule is Cl.NCCC(=O)NCC1CCCCN1C(=O)c1ccc(F)cc1F. The molecule has 24 heavy (non-hydrogen) atoms. The van der Waals surface area contributed by atoms with E-state index in [1.807, 2.05) is 0 Å². The molecule has 8 heteroatoms. The van der Waals surface area contributed by atoms with Crippen LogP contribution in [0, 0.1) is 11.6 Å². The van der Waals surface area contributed by atoms with E-state index < -0.39 is 17.5 Å². The van der Waals surface area contributed by atoms with Crippen LogP contribution < -0.4 is 11.1 Å². The average Bonchev–Trinajstić information content (AvgIpc) is 2.53. The summed E-state index contributed by atoms with van der Waals surface area (Å²) in [5.41, 5.74) is 5.17. The van der Waals surface area contributed by atoms with E-state index in [-0.39, 0.29) is 42.9 Å². The Bertz CT molecular complexity index is 586. The van der Waals surface area contributed by atoms with Crippen molar-refractivity contribution in [1.82, 2.24) is 10.2 Å². The number of hydrogen-bond donors (Lipinski definition) is 2. The number of likely N-dealkylation sites (tertiary alicyclic amines) is 1. The van der Waals surface area contributed by atoms with Crippen LogP contribution in [-0.4, -0.2) is 42.4 Å². The van der Waals surface area contributed by atoms with Crippen molar-refractivity contribution in [3.8, 4) is 0 Å². The van der Waals surface area contributed by atoms with Crippen LogP contribution in [-0.2, 0) is 4.79 Å². The van der Waals surface area contributed by atoms with Crippen molar-refractivity contribution in [2.75, 3.05) is 19.6 Å². The minimum atomic E-state index is -0.869. The predicted octanol–water partition coefficient (Wildman–Crippen LogP) is 1.85. The smallest absolute Gasteiger partial charge is 0.257 e. The first-order valence-electron chi connectivity index (χ1n) is 7.75. The van der Waals surface area contributed by atoms with Gasteiger partial charge in [0.1, 0.15) is 11.6 Å². The molecule has 5 nitrogen and oxygen atoms in total. The molecule has 2 rings (SSSR count). The van der Waals surface area contributed by atoms with Crippen LogP contribution in [0.25, 0.3) is 0 Å². The van der Waals surface area contributed by atoms with Crippen molar-refractivity contribution >= 4 is 24.2 Å². The van der Waals surface area contributed by atoms with Crippen LogP contribution in [0.15, 0.2) is 18.2 Å². The van der Waals surface area contributed by atoms with E-state index in [0.717, 1.165) is 31.4 Å². The van der Waals surface area contributed by atoms with Gasteiger partial charge in [0.15, 0.2) is 0 Å². The number of benzene rings is 1. The Labute approximate surface area is 146 Å². The summed E-state index contributed by atoms with van der Waals surface area (Å²) in [6, 6.07) is 2.74. The summed E-state index contributed by atoms with van der Waals surface area (Å²) in [5, 5.41) is 2.75. The van der Waals surface area contributed by atoms with Gasteiger partial charge in [-0.3, -0.25) is 9.59 Å². The highest BCUT2D eigenvalue weighted by molar-refractivity contribution is 5.94. The number of amides is 2. The molecular formula is C16H22ClF2N3O2. The highest BCUT2D eigenvalue weighted by atomic mass is 35.5. The van der Waals surface area contributed by atoms with Crippen molar-refractivity contribution in [3.05, 3.63) is 35.4 Å². The summed E-state index contributed by atoms with van der Waals surface area (Å²) in [7, 11) is 0. The Morgan fingerprint density at radius 2 is 2.04 bits per heavy atom. The molecule has 0 radical (unpaired) electrons. The first-order valence-corrected chi connectivity index (χ1v) is 7.75. The highest BCUT2D eigenvalue weighted by Crippen LogP contribution is 2.21. The lowest BCUT2D eigenvalue weighted by Crippen LogP contribution is -2.49. The summed E-state index contributed by atoms with van der Waals surface area (Å²) >= 11 is 0. The lowest BCUT2D eigenvalue weighted by atomic mass is 10.0. The molecule has 1 unspecified atom stereocenters. The van der Waals surface area contributed by atoms with E-state index in [9.17, 15) is 18.4 Å². The topological polar surface area (TPSA) is 75.4 Å². The second-order valence-corrected chi connectivity index (χ2v) is 5.62. The molecule has 134 valence electrons. The third kappa shape index (κ3) is 5.14. The number of nitrogens with one attached hydrogen (secondary N) is 1. The molecule has 2 amide bonds. The van der Waals surface area contributed by atoms with Crippen LogP contribution >= 0.6 is 12.4 Å². The van der Waals surface area contributed by atoms with E-state index in [4.69, 9.17) is 5.73 Å². The van der Waals surface area contributed by atoms with Gasteiger partial charge in [-0.1, -0.05) is 0 Å². The number of hydrogen-bond acceptors (Lipinski definition) is 3. The van der Waals surface area contributed by atoms with Gasteiger partial charge >= 0.3 is 0 Å². The zero-order valence-electron chi connectivity index (χ0n) is 13.3. The van der Waals surface area contributed by atoms with Crippen molar-refractivity contribution < 1.29 is 18.4 Å². The number of nitrogens with two attached hydrogens (primary N) is 1. The van der Waals surface area contributed by atoms with Gasteiger partial charge in [0.2, 0.25) is 5.91 Å². The maximum Gasteiger partial charge on any atom is 0.257 e. The monoisotopic (exact) mass is 361 g/mol. The number of piperidine rings is 1. The van der Waals surface area contributed by atoms with Gasteiger partial charge in [0.25, 0.3) is 5.91 Å². The maximum absolute atomic E-state index is 13.8. The van der Waals surface area contributed by atoms with Crippen molar-refractivity contribution in [3.63, 3.8) is 0 Å². The molecule has 3 N–H and O–H groups in total. The molecule has 1 aromatic carbocycles. The minimum absolute atomic E-state index is 0. The number of rotatable bonds is 5. The highest BCUT2D eigenvalue weighted by Gasteiger charge is 2.29. The van der Waals surface area contributed by atoms with E-state index in [2.05, 4.69) is 5.32 Å². The zero-order valence-corrected chi connectivity index (χ0v) is 14.1. The maximum atomic E-state index is 13.8. The summed E-state index contributed by atoms with van der Waals surface area (Å²) in [5.74, 6) is -2.23. The summed E-state index contributed by atoms with van der Waals surface area (Å²) in [6.07, 6.45) is 2.72. The minimum Gasteiger partial charge on any atom is -0.354 e. The molecule has 0 aliphatic carbocycles. The number of carbonyl (C=O) groups excluding carboxylic acids is 2. The fraction of sp³-hybridized carbons (Fsp3) is 0.500. The predicted molar refractivity (Wildman–Crippen MR) is 89.0 cm³/mol. The molecule has 1 fully saturated rings. The van der Waals surface area contributed by atoms with E-state index >= 15 is 0 Å². The number of carbonyl (C=O) groups is 2. The van der Waals surface area contributed by atoms with Gasteiger partial charge in [-0.25, -0.2) is 8.78 Å². The second kappa shape index (κ2) is 9.54. The molecular weight excluding hydrogens is 340 g/mol. The number of nitrogens with zero attached hydrogens (tertiary/aromatic N) is 1. The first kappa shape index (κ1) is 20.3. The normalized spacial score (nSPS) is 17.1.